The molecular weight excluding hydrogens is 178 g/mol. The summed E-state index contributed by atoms with van der Waals surface area (Å²) in [5.41, 5.74) is 2.35. The Kier molecular flexibility index (Phi) is 2.37. The number of aryl methyl sites for hydroxylation is 1. The first-order valence-electron chi connectivity index (χ1n) is 4.95. The molecule has 1 fully saturated rings. The molecule has 0 aliphatic carbocycles. The molecule has 1 saturated heterocycles. The Morgan fingerprint density at radius 2 is 2.00 bits per heavy atom. The van der Waals surface area contributed by atoms with Gasteiger partial charge in [-0.3, -0.25) is 0 Å². The van der Waals surface area contributed by atoms with Crippen molar-refractivity contribution < 1.29 is 9.47 Å². The second kappa shape index (κ2) is 3.41. The lowest BCUT2D eigenvalue weighted by molar-refractivity contribution is -0.227. The molecule has 2 heterocycles. The quantitative estimate of drug-likeness (QED) is 0.746. The lowest BCUT2D eigenvalue weighted by Gasteiger charge is -2.34. The van der Waals surface area contributed by atoms with Gasteiger partial charge in [-0.1, -0.05) is 13.8 Å². The third-order valence-corrected chi connectivity index (χ3v) is 2.35. The molecule has 0 atom stereocenters. The van der Waals surface area contributed by atoms with Crippen LogP contribution < -0.4 is 0 Å². The van der Waals surface area contributed by atoms with E-state index in [1.165, 1.54) is 5.56 Å². The van der Waals surface area contributed by atoms with E-state index in [-0.39, 0.29) is 11.7 Å². The summed E-state index contributed by atoms with van der Waals surface area (Å²) in [6.45, 7) is 7.82. The molecule has 1 aliphatic rings. The molecule has 0 unspecified atom stereocenters. The molecule has 3 heteroatoms. The molecule has 1 aromatic heterocycles. The number of aromatic nitrogens is 1. The number of aromatic amines is 1. The van der Waals surface area contributed by atoms with Gasteiger partial charge in [0.05, 0.1) is 18.9 Å². The van der Waals surface area contributed by atoms with Gasteiger partial charge in [-0.15, -0.1) is 0 Å². The average Bonchev–Trinajstić information content (AvgIpc) is 2.52. The highest BCUT2D eigenvalue weighted by Gasteiger charge is 2.29. The Balaban J connectivity index is 2.02. The molecule has 2 rings (SSSR count). The monoisotopic (exact) mass is 195 g/mol. The first kappa shape index (κ1) is 9.74. The molecule has 3 nitrogen and oxygen atoms in total. The minimum Gasteiger partial charge on any atom is -0.361 e. The summed E-state index contributed by atoms with van der Waals surface area (Å²) in [5.74, 6) is 0. The Labute approximate surface area is 84.4 Å². The second-order valence-corrected chi connectivity index (χ2v) is 4.75. The van der Waals surface area contributed by atoms with Gasteiger partial charge in [-0.05, 0) is 18.6 Å². The third kappa shape index (κ3) is 1.99. The van der Waals surface area contributed by atoms with Gasteiger partial charge in [0, 0.05) is 11.6 Å². The highest BCUT2D eigenvalue weighted by Crippen LogP contribution is 2.30. The maximum absolute atomic E-state index is 5.64. The van der Waals surface area contributed by atoms with E-state index in [9.17, 15) is 0 Å². The third-order valence-electron chi connectivity index (χ3n) is 2.35. The van der Waals surface area contributed by atoms with E-state index in [1.807, 2.05) is 13.1 Å². The van der Waals surface area contributed by atoms with Crippen LogP contribution in [0.2, 0.25) is 0 Å². The zero-order valence-electron chi connectivity index (χ0n) is 8.96. The summed E-state index contributed by atoms with van der Waals surface area (Å²) < 4.78 is 11.3. The predicted octanol–water partition coefficient (Wildman–Crippen LogP) is 2.39. The molecule has 1 aromatic rings. The maximum Gasteiger partial charge on any atom is 0.198 e. The first-order valence-corrected chi connectivity index (χ1v) is 4.95. The SMILES string of the molecule is Cc1c[nH]c(C2OCC(C)(C)CO2)c1. The van der Waals surface area contributed by atoms with E-state index in [1.54, 1.807) is 0 Å². The molecule has 14 heavy (non-hydrogen) atoms. The van der Waals surface area contributed by atoms with Crippen LogP contribution in [0.5, 0.6) is 0 Å². The van der Waals surface area contributed by atoms with Gasteiger partial charge in [0.2, 0.25) is 0 Å². The number of H-pyrrole nitrogens is 1. The zero-order chi connectivity index (χ0) is 10.2. The highest BCUT2D eigenvalue weighted by molar-refractivity contribution is 5.15. The fourth-order valence-electron chi connectivity index (χ4n) is 1.53. The zero-order valence-corrected chi connectivity index (χ0v) is 8.96. The Morgan fingerprint density at radius 1 is 1.36 bits per heavy atom. The summed E-state index contributed by atoms with van der Waals surface area (Å²) in [7, 11) is 0. The van der Waals surface area contributed by atoms with Crippen molar-refractivity contribution in [2.45, 2.75) is 27.1 Å². The summed E-state index contributed by atoms with van der Waals surface area (Å²) in [6, 6.07) is 2.06. The highest BCUT2D eigenvalue weighted by atomic mass is 16.7. The van der Waals surface area contributed by atoms with Crippen LogP contribution in [0.4, 0.5) is 0 Å². The molecule has 1 N–H and O–H groups in total. The Bertz CT molecular complexity index is 307. The van der Waals surface area contributed by atoms with E-state index >= 15 is 0 Å². The molecule has 0 radical (unpaired) electrons. The summed E-state index contributed by atoms with van der Waals surface area (Å²) in [4.78, 5) is 3.15. The van der Waals surface area contributed by atoms with Crippen molar-refractivity contribution in [1.82, 2.24) is 4.98 Å². The topological polar surface area (TPSA) is 34.2 Å². The van der Waals surface area contributed by atoms with Crippen molar-refractivity contribution >= 4 is 0 Å². The summed E-state index contributed by atoms with van der Waals surface area (Å²) in [5, 5.41) is 0. The molecular formula is C11H17NO2. The fraction of sp³-hybridized carbons (Fsp3) is 0.636. The molecule has 0 amide bonds. The van der Waals surface area contributed by atoms with Gasteiger partial charge >= 0.3 is 0 Å². The molecule has 1 aliphatic heterocycles. The van der Waals surface area contributed by atoms with Crippen molar-refractivity contribution in [3.05, 3.63) is 23.5 Å². The van der Waals surface area contributed by atoms with Crippen LogP contribution in [0.3, 0.4) is 0 Å². The Hall–Kier alpha value is -0.800. The summed E-state index contributed by atoms with van der Waals surface area (Å²) >= 11 is 0. The largest absolute Gasteiger partial charge is 0.361 e. The average molecular weight is 195 g/mol. The minimum absolute atomic E-state index is 0.137. The predicted molar refractivity (Wildman–Crippen MR) is 54.0 cm³/mol. The minimum atomic E-state index is -0.211. The van der Waals surface area contributed by atoms with E-state index in [0.717, 1.165) is 18.9 Å². The van der Waals surface area contributed by atoms with Crippen molar-refractivity contribution in [1.29, 1.82) is 0 Å². The van der Waals surface area contributed by atoms with Gasteiger partial charge in [-0.25, -0.2) is 0 Å². The van der Waals surface area contributed by atoms with E-state index < -0.39 is 0 Å². The van der Waals surface area contributed by atoms with Gasteiger partial charge in [0.15, 0.2) is 6.29 Å². The number of hydrogen-bond donors (Lipinski definition) is 1. The molecule has 0 spiro atoms. The van der Waals surface area contributed by atoms with Gasteiger partial charge in [0.1, 0.15) is 0 Å². The second-order valence-electron chi connectivity index (χ2n) is 4.75. The first-order chi connectivity index (χ1) is 6.57. The van der Waals surface area contributed by atoms with Gasteiger partial charge in [-0.2, -0.15) is 0 Å². The van der Waals surface area contributed by atoms with Crippen molar-refractivity contribution in [2.24, 2.45) is 5.41 Å². The van der Waals surface area contributed by atoms with Crippen molar-refractivity contribution in [3.63, 3.8) is 0 Å². The van der Waals surface area contributed by atoms with Crippen LogP contribution in [0, 0.1) is 12.3 Å². The lowest BCUT2D eigenvalue weighted by Crippen LogP contribution is -2.33. The van der Waals surface area contributed by atoms with Crippen LogP contribution >= 0.6 is 0 Å². The summed E-state index contributed by atoms with van der Waals surface area (Å²) in [6.07, 6.45) is 1.75. The van der Waals surface area contributed by atoms with Gasteiger partial charge in [0.25, 0.3) is 0 Å². The molecule has 0 aromatic carbocycles. The van der Waals surface area contributed by atoms with Gasteiger partial charge < -0.3 is 14.5 Å². The van der Waals surface area contributed by atoms with Crippen molar-refractivity contribution in [2.75, 3.05) is 13.2 Å². The maximum atomic E-state index is 5.64. The number of nitrogens with one attached hydrogen (secondary N) is 1. The molecule has 0 bridgehead atoms. The molecule has 78 valence electrons. The fourth-order valence-corrected chi connectivity index (χ4v) is 1.53. The standard InChI is InChI=1S/C11H17NO2/c1-8-4-9(12-5-8)10-13-6-11(2,3)7-14-10/h4-5,10,12H,6-7H2,1-3H3. The van der Waals surface area contributed by atoms with Crippen LogP contribution in [-0.2, 0) is 9.47 Å². The number of hydrogen-bond acceptors (Lipinski definition) is 2. The van der Waals surface area contributed by atoms with Crippen LogP contribution in [-0.4, -0.2) is 18.2 Å². The Morgan fingerprint density at radius 3 is 2.50 bits per heavy atom. The number of ether oxygens (including phenoxy) is 2. The smallest absolute Gasteiger partial charge is 0.198 e. The van der Waals surface area contributed by atoms with Crippen LogP contribution in [0.1, 0.15) is 31.4 Å². The van der Waals surface area contributed by atoms with E-state index in [0.29, 0.717) is 0 Å². The van der Waals surface area contributed by atoms with E-state index in [4.69, 9.17) is 9.47 Å². The lowest BCUT2D eigenvalue weighted by atomic mass is 9.95. The van der Waals surface area contributed by atoms with Crippen LogP contribution in [0.15, 0.2) is 12.3 Å². The van der Waals surface area contributed by atoms with E-state index in [2.05, 4.69) is 24.9 Å². The number of rotatable bonds is 1. The van der Waals surface area contributed by atoms with Crippen LogP contribution in [0.25, 0.3) is 0 Å². The van der Waals surface area contributed by atoms with Crippen molar-refractivity contribution in [3.8, 4) is 0 Å². The molecule has 0 saturated carbocycles. The normalized spacial score (nSPS) is 22.5.